The third kappa shape index (κ3) is 5.19. The molecular formula is C14H26N4O. The van der Waals surface area contributed by atoms with Gasteiger partial charge in [-0.25, -0.2) is 0 Å². The van der Waals surface area contributed by atoms with Crippen LogP contribution < -0.4 is 10.6 Å². The molecule has 2 rings (SSSR count). The molecule has 5 nitrogen and oxygen atoms in total. The van der Waals surface area contributed by atoms with Crippen LogP contribution in [0.5, 0.6) is 0 Å². The van der Waals surface area contributed by atoms with Crippen molar-refractivity contribution in [3.8, 4) is 0 Å². The largest absolute Gasteiger partial charge is 0.407 e. The van der Waals surface area contributed by atoms with E-state index < -0.39 is 0 Å². The highest BCUT2D eigenvalue weighted by Crippen LogP contribution is 2.29. The average molecular weight is 266 g/mol. The van der Waals surface area contributed by atoms with Gasteiger partial charge < -0.3 is 15.1 Å². The van der Waals surface area contributed by atoms with Crippen molar-refractivity contribution in [2.75, 3.05) is 5.32 Å². The summed E-state index contributed by atoms with van der Waals surface area (Å²) in [6, 6.07) is 1.17. The molecule has 1 aliphatic rings. The summed E-state index contributed by atoms with van der Waals surface area (Å²) in [6.07, 6.45) is 3.55. The molecule has 0 amide bonds. The highest BCUT2D eigenvalue weighted by atomic mass is 16.4. The predicted molar refractivity (Wildman–Crippen MR) is 75.9 cm³/mol. The first-order chi connectivity index (χ1) is 8.73. The van der Waals surface area contributed by atoms with Crippen molar-refractivity contribution in [3.63, 3.8) is 0 Å². The Morgan fingerprint density at radius 1 is 1.16 bits per heavy atom. The second kappa shape index (κ2) is 5.12. The Bertz CT molecular complexity index is 415. The maximum Gasteiger partial charge on any atom is 0.315 e. The first kappa shape index (κ1) is 14.3. The topological polar surface area (TPSA) is 63.0 Å². The number of nitrogens with zero attached hydrogens (tertiary/aromatic N) is 2. The summed E-state index contributed by atoms with van der Waals surface area (Å²) < 4.78 is 5.62. The summed E-state index contributed by atoms with van der Waals surface area (Å²) in [7, 11) is 0. The Morgan fingerprint density at radius 3 is 2.42 bits per heavy atom. The van der Waals surface area contributed by atoms with Crippen LogP contribution in [0.1, 0.15) is 59.8 Å². The van der Waals surface area contributed by atoms with Crippen molar-refractivity contribution in [1.29, 1.82) is 0 Å². The van der Waals surface area contributed by atoms with Crippen molar-refractivity contribution in [1.82, 2.24) is 15.5 Å². The summed E-state index contributed by atoms with van der Waals surface area (Å²) in [4.78, 5) is 0. The first-order valence-corrected chi connectivity index (χ1v) is 7.07. The number of anilines is 1. The molecule has 1 aromatic rings. The standard InChI is InChI=1S/C14H26N4O/c1-13(2,3)9-14(4,5)16-12-18-17-11(19-12)8-15-10-6-7-10/h10,15H,6-9H2,1-5H3,(H,16,18). The maximum atomic E-state index is 5.62. The molecule has 1 saturated carbocycles. The van der Waals surface area contributed by atoms with Gasteiger partial charge in [-0.2, -0.15) is 0 Å². The lowest BCUT2D eigenvalue weighted by atomic mass is 9.82. The molecule has 0 spiro atoms. The van der Waals surface area contributed by atoms with Crippen LogP contribution in [0.15, 0.2) is 4.42 Å². The highest BCUT2D eigenvalue weighted by molar-refractivity contribution is 5.23. The molecular weight excluding hydrogens is 240 g/mol. The third-order valence-electron chi connectivity index (χ3n) is 3.00. The minimum absolute atomic E-state index is 0.0635. The molecule has 0 radical (unpaired) electrons. The Morgan fingerprint density at radius 2 is 1.84 bits per heavy atom. The van der Waals surface area contributed by atoms with E-state index in [-0.39, 0.29) is 11.0 Å². The smallest absolute Gasteiger partial charge is 0.315 e. The van der Waals surface area contributed by atoms with Crippen LogP contribution >= 0.6 is 0 Å². The van der Waals surface area contributed by atoms with Gasteiger partial charge in [0, 0.05) is 11.6 Å². The lowest BCUT2D eigenvalue weighted by Crippen LogP contribution is -2.35. The molecule has 108 valence electrons. The molecule has 0 bridgehead atoms. The van der Waals surface area contributed by atoms with E-state index in [0.717, 1.165) is 6.42 Å². The molecule has 1 fully saturated rings. The van der Waals surface area contributed by atoms with E-state index in [0.29, 0.717) is 24.5 Å². The molecule has 1 aliphatic carbocycles. The average Bonchev–Trinajstić information content (AvgIpc) is 2.93. The summed E-state index contributed by atoms with van der Waals surface area (Å²) >= 11 is 0. The molecule has 1 heterocycles. The first-order valence-electron chi connectivity index (χ1n) is 7.07. The van der Waals surface area contributed by atoms with Crippen LogP contribution in [0.25, 0.3) is 0 Å². The van der Waals surface area contributed by atoms with Gasteiger partial charge >= 0.3 is 6.01 Å². The van der Waals surface area contributed by atoms with Crippen molar-refractivity contribution < 1.29 is 4.42 Å². The van der Waals surface area contributed by atoms with Gasteiger partial charge in [-0.15, -0.1) is 5.10 Å². The van der Waals surface area contributed by atoms with Crippen molar-refractivity contribution in [2.24, 2.45) is 5.41 Å². The number of hydrogen-bond donors (Lipinski definition) is 2. The molecule has 1 aromatic heterocycles. The van der Waals surface area contributed by atoms with E-state index in [1.165, 1.54) is 12.8 Å². The van der Waals surface area contributed by atoms with Crippen molar-refractivity contribution in [3.05, 3.63) is 5.89 Å². The fourth-order valence-electron chi connectivity index (χ4n) is 2.55. The fraction of sp³-hybridized carbons (Fsp3) is 0.857. The van der Waals surface area contributed by atoms with Crippen LogP contribution in [0.3, 0.4) is 0 Å². The molecule has 19 heavy (non-hydrogen) atoms. The van der Waals surface area contributed by atoms with Gasteiger partial charge in [0.15, 0.2) is 0 Å². The molecule has 0 atom stereocenters. The SMILES string of the molecule is CC(C)(C)CC(C)(C)Nc1nnc(CNC2CC2)o1. The zero-order valence-corrected chi connectivity index (χ0v) is 12.7. The van der Waals surface area contributed by atoms with Gasteiger partial charge in [0.25, 0.3) is 0 Å². The molecule has 0 aliphatic heterocycles. The van der Waals surface area contributed by atoms with Gasteiger partial charge in [-0.05, 0) is 38.5 Å². The summed E-state index contributed by atoms with van der Waals surface area (Å²) in [6.45, 7) is 11.7. The summed E-state index contributed by atoms with van der Waals surface area (Å²) in [5, 5.41) is 14.8. The normalized spacial score (nSPS) is 16.7. The Balaban J connectivity index is 1.87. The van der Waals surface area contributed by atoms with Crippen molar-refractivity contribution >= 4 is 6.01 Å². The predicted octanol–water partition coefficient (Wildman–Crippen LogP) is 2.95. The van der Waals surface area contributed by atoms with Gasteiger partial charge in [0.1, 0.15) is 0 Å². The second-order valence-electron chi connectivity index (χ2n) is 7.40. The zero-order chi connectivity index (χ0) is 14.1. The minimum Gasteiger partial charge on any atom is -0.407 e. The van der Waals surface area contributed by atoms with E-state index in [1.54, 1.807) is 0 Å². The summed E-state index contributed by atoms with van der Waals surface area (Å²) in [5.74, 6) is 0.654. The van der Waals surface area contributed by atoms with E-state index in [1.807, 2.05) is 0 Å². The van der Waals surface area contributed by atoms with Gasteiger partial charge in [-0.1, -0.05) is 25.9 Å². The van der Waals surface area contributed by atoms with Gasteiger partial charge in [-0.3, -0.25) is 0 Å². The van der Waals surface area contributed by atoms with Gasteiger partial charge in [0.05, 0.1) is 6.54 Å². The molecule has 0 aromatic carbocycles. The van der Waals surface area contributed by atoms with Gasteiger partial charge in [0.2, 0.25) is 5.89 Å². The van der Waals surface area contributed by atoms with E-state index in [4.69, 9.17) is 4.42 Å². The quantitative estimate of drug-likeness (QED) is 0.829. The molecule has 5 heteroatoms. The third-order valence-corrected chi connectivity index (χ3v) is 3.00. The van der Waals surface area contributed by atoms with Crippen LogP contribution in [-0.4, -0.2) is 21.8 Å². The minimum atomic E-state index is -0.0635. The van der Waals surface area contributed by atoms with E-state index in [2.05, 4.69) is 55.4 Å². The van der Waals surface area contributed by atoms with Crippen molar-refractivity contribution in [2.45, 2.75) is 72.0 Å². The zero-order valence-electron chi connectivity index (χ0n) is 12.7. The highest BCUT2D eigenvalue weighted by Gasteiger charge is 2.27. The van der Waals surface area contributed by atoms with E-state index >= 15 is 0 Å². The number of nitrogens with one attached hydrogen (secondary N) is 2. The molecule has 0 unspecified atom stereocenters. The maximum absolute atomic E-state index is 5.62. The number of hydrogen-bond acceptors (Lipinski definition) is 5. The Kier molecular flexibility index (Phi) is 3.85. The van der Waals surface area contributed by atoms with Crippen LogP contribution in [0, 0.1) is 5.41 Å². The summed E-state index contributed by atoms with van der Waals surface area (Å²) in [5.41, 5.74) is 0.193. The van der Waals surface area contributed by atoms with Crippen LogP contribution in [0.2, 0.25) is 0 Å². The van der Waals surface area contributed by atoms with Crippen LogP contribution in [-0.2, 0) is 6.54 Å². The Hall–Kier alpha value is -1.10. The number of rotatable bonds is 6. The second-order valence-corrected chi connectivity index (χ2v) is 7.40. The Labute approximate surface area is 115 Å². The molecule has 0 saturated heterocycles. The lowest BCUT2D eigenvalue weighted by molar-refractivity contribution is 0.297. The monoisotopic (exact) mass is 266 g/mol. The molecule has 2 N–H and O–H groups in total. The fourth-order valence-corrected chi connectivity index (χ4v) is 2.55. The van der Waals surface area contributed by atoms with Crippen LogP contribution in [0.4, 0.5) is 6.01 Å². The number of aromatic nitrogens is 2. The lowest BCUT2D eigenvalue weighted by Gasteiger charge is -2.32. The van der Waals surface area contributed by atoms with E-state index in [9.17, 15) is 0 Å².